The van der Waals surface area contributed by atoms with Crippen LogP contribution in [-0.2, 0) is 4.79 Å². The summed E-state index contributed by atoms with van der Waals surface area (Å²) < 4.78 is 0. The lowest BCUT2D eigenvalue weighted by Gasteiger charge is -2.19. The van der Waals surface area contributed by atoms with Crippen LogP contribution in [0.25, 0.3) is 0 Å². The van der Waals surface area contributed by atoms with E-state index >= 15 is 0 Å². The summed E-state index contributed by atoms with van der Waals surface area (Å²) >= 11 is 0. The van der Waals surface area contributed by atoms with Crippen molar-refractivity contribution in [3.8, 4) is 0 Å². The summed E-state index contributed by atoms with van der Waals surface area (Å²) in [5.74, 6) is 0. The van der Waals surface area contributed by atoms with Gasteiger partial charge in [0, 0.05) is 24.4 Å². The van der Waals surface area contributed by atoms with E-state index in [-0.39, 0.29) is 0 Å². The fourth-order valence-electron chi connectivity index (χ4n) is 2.23. The summed E-state index contributed by atoms with van der Waals surface area (Å²) in [4.78, 5) is 13.1. The molecule has 0 unspecified atom stereocenters. The Morgan fingerprint density at radius 1 is 1.08 bits per heavy atom. The summed E-state index contributed by atoms with van der Waals surface area (Å²) in [5, 5.41) is 0. The van der Waals surface area contributed by atoms with Crippen molar-refractivity contribution in [2.24, 2.45) is 0 Å². The predicted octanol–water partition coefficient (Wildman–Crippen LogP) is 1.72. The number of carbonyl (C=O) groups excluding carboxylic acids is 1. The number of hydrogen-bond acceptors (Lipinski definition) is 2. The van der Waals surface area contributed by atoms with Gasteiger partial charge in [-0.2, -0.15) is 0 Å². The summed E-state index contributed by atoms with van der Waals surface area (Å²) in [5.41, 5.74) is 2.42. The second-order valence-electron chi connectivity index (χ2n) is 3.64. The average molecular weight is 165 g/mol. The van der Waals surface area contributed by atoms with Crippen LogP contribution in [0.1, 0.15) is 32.1 Å². The zero-order valence-corrected chi connectivity index (χ0v) is 7.38. The number of allylic oxidation sites excluding steroid dienone is 2. The lowest BCUT2D eigenvalue weighted by atomic mass is 10.2. The number of hydrogen-bond donors (Lipinski definition) is 0. The van der Waals surface area contributed by atoms with E-state index in [0.29, 0.717) is 0 Å². The normalized spacial score (nSPS) is 23.8. The molecule has 2 nitrogen and oxygen atoms in total. The van der Waals surface area contributed by atoms with E-state index < -0.39 is 0 Å². The molecule has 0 aromatic heterocycles. The van der Waals surface area contributed by atoms with Gasteiger partial charge < -0.3 is 4.90 Å². The molecule has 12 heavy (non-hydrogen) atoms. The van der Waals surface area contributed by atoms with E-state index in [1.54, 1.807) is 0 Å². The van der Waals surface area contributed by atoms with Gasteiger partial charge in [0.2, 0.25) is 0 Å². The van der Waals surface area contributed by atoms with E-state index in [2.05, 4.69) is 4.90 Å². The summed E-state index contributed by atoms with van der Waals surface area (Å²) in [6.45, 7) is 2.35. The lowest BCUT2D eigenvalue weighted by Crippen LogP contribution is -2.18. The van der Waals surface area contributed by atoms with Gasteiger partial charge >= 0.3 is 0 Å². The van der Waals surface area contributed by atoms with Gasteiger partial charge in [-0.3, -0.25) is 4.79 Å². The van der Waals surface area contributed by atoms with Crippen LogP contribution in [0.4, 0.5) is 0 Å². The Balaban J connectivity index is 2.13. The Kier molecular flexibility index (Phi) is 2.15. The molecule has 0 N–H and O–H groups in total. The third-order valence-electron chi connectivity index (χ3n) is 2.86. The van der Waals surface area contributed by atoms with E-state index in [4.69, 9.17) is 0 Å². The van der Waals surface area contributed by atoms with Gasteiger partial charge in [0.1, 0.15) is 6.29 Å². The zero-order valence-electron chi connectivity index (χ0n) is 7.38. The molecule has 1 heterocycles. The molecule has 0 saturated carbocycles. The van der Waals surface area contributed by atoms with E-state index in [1.807, 2.05) is 0 Å². The van der Waals surface area contributed by atoms with Gasteiger partial charge in [-0.25, -0.2) is 0 Å². The Labute approximate surface area is 73.2 Å². The predicted molar refractivity (Wildman–Crippen MR) is 47.7 cm³/mol. The van der Waals surface area contributed by atoms with Gasteiger partial charge in [-0.15, -0.1) is 0 Å². The largest absolute Gasteiger partial charge is 0.375 e. The van der Waals surface area contributed by atoms with Crippen molar-refractivity contribution in [2.75, 3.05) is 13.1 Å². The number of rotatable bonds is 2. The topological polar surface area (TPSA) is 20.3 Å². The molecule has 0 radical (unpaired) electrons. The highest BCUT2D eigenvalue weighted by atomic mass is 16.1. The van der Waals surface area contributed by atoms with Gasteiger partial charge in [0.25, 0.3) is 0 Å². The molecule has 2 rings (SSSR count). The van der Waals surface area contributed by atoms with Crippen LogP contribution in [-0.4, -0.2) is 24.3 Å². The molecule has 1 aliphatic carbocycles. The first-order valence-electron chi connectivity index (χ1n) is 4.84. The molecule has 1 fully saturated rings. The monoisotopic (exact) mass is 165 g/mol. The molecule has 0 bridgehead atoms. The smallest absolute Gasteiger partial charge is 0.147 e. The second kappa shape index (κ2) is 3.30. The first kappa shape index (κ1) is 7.84. The third-order valence-corrected chi connectivity index (χ3v) is 2.86. The molecular formula is C10H15NO. The Hall–Kier alpha value is -0.790. The molecule has 1 saturated heterocycles. The van der Waals surface area contributed by atoms with Crippen LogP contribution in [0.3, 0.4) is 0 Å². The second-order valence-corrected chi connectivity index (χ2v) is 3.64. The fraction of sp³-hybridized carbons (Fsp3) is 0.700. The SMILES string of the molecule is O=CC1=C(N2CCCC2)CCC1. The fourth-order valence-corrected chi connectivity index (χ4v) is 2.23. The number of carbonyl (C=O) groups is 1. The number of likely N-dealkylation sites (tertiary alicyclic amines) is 1. The highest BCUT2D eigenvalue weighted by Gasteiger charge is 2.21. The van der Waals surface area contributed by atoms with Gasteiger partial charge in [-0.1, -0.05) is 0 Å². The number of aldehydes is 1. The van der Waals surface area contributed by atoms with E-state index in [0.717, 1.165) is 24.7 Å². The molecule has 2 aliphatic rings. The maximum Gasteiger partial charge on any atom is 0.147 e. The van der Waals surface area contributed by atoms with Crippen LogP contribution in [0.15, 0.2) is 11.3 Å². The molecule has 1 aliphatic heterocycles. The first-order valence-corrected chi connectivity index (χ1v) is 4.84. The van der Waals surface area contributed by atoms with Crippen molar-refractivity contribution in [1.82, 2.24) is 4.90 Å². The van der Waals surface area contributed by atoms with Crippen molar-refractivity contribution in [2.45, 2.75) is 32.1 Å². The third kappa shape index (κ3) is 1.26. The minimum atomic E-state index is 1.01. The van der Waals surface area contributed by atoms with E-state index in [1.165, 1.54) is 38.0 Å². The quantitative estimate of drug-likeness (QED) is 0.581. The van der Waals surface area contributed by atoms with Crippen LogP contribution < -0.4 is 0 Å². The van der Waals surface area contributed by atoms with Crippen molar-refractivity contribution < 1.29 is 4.79 Å². The highest BCUT2D eigenvalue weighted by Crippen LogP contribution is 2.29. The van der Waals surface area contributed by atoms with E-state index in [9.17, 15) is 4.79 Å². The lowest BCUT2D eigenvalue weighted by molar-refractivity contribution is -0.105. The minimum Gasteiger partial charge on any atom is -0.375 e. The van der Waals surface area contributed by atoms with Gasteiger partial charge in [0.05, 0.1) is 0 Å². The summed E-state index contributed by atoms with van der Waals surface area (Å²) in [6.07, 6.45) is 6.98. The summed E-state index contributed by atoms with van der Waals surface area (Å²) in [6, 6.07) is 0. The Morgan fingerprint density at radius 2 is 1.83 bits per heavy atom. The van der Waals surface area contributed by atoms with Crippen LogP contribution in [0.5, 0.6) is 0 Å². The van der Waals surface area contributed by atoms with Gasteiger partial charge in [-0.05, 0) is 32.1 Å². The van der Waals surface area contributed by atoms with Crippen LogP contribution in [0, 0.1) is 0 Å². The highest BCUT2D eigenvalue weighted by molar-refractivity contribution is 5.75. The molecule has 0 atom stereocenters. The zero-order chi connectivity index (χ0) is 8.39. The Morgan fingerprint density at radius 3 is 2.50 bits per heavy atom. The summed E-state index contributed by atoms with van der Waals surface area (Å²) in [7, 11) is 0. The molecule has 0 aromatic carbocycles. The van der Waals surface area contributed by atoms with Crippen molar-refractivity contribution in [1.29, 1.82) is 0 Å². The van der Waals surface area contributed by atoms with Crippen LogP contribution >= 0.6 is 0 Å². The molecule has 0 aromatic rings. The van der Waals surface area contributed by atoms with Crippen molar-refractivity contribution in [3.05, 3.63) is 11.3 Å². The molecule has 66 valence electrons. The Bertz CT molecular complexity index is 214. The average Bonchev–Trinajstić information content (AvgIpc) is 2.74. The van der Waals surface area contributed by atoms with Gasteiger partial charge in [0.15, 0.2) is 0 Å². The standard InChI is InChI=1S/C10H15NO/c12-8-9-4-3-5-10(9)11-6-1-2-7-11/h8H,1-7H2. The molecule has 0 amide bonds. The maximum atomic E-state index is 10.7. The van der Waals surface area contributed by atoms with Crippen molar-refractivity contribution in [3.63, 3.8) is 0 Å². The first-order chi connectivity index (χ1) is 5.92. The molecule has 0 spiro atoms. The molecule has 2 heteroatoms. The van der Waals surface area contributed by atoms with Crippen LogP contribution in [0.2, 0.25) is 0 Å². The number of nitrogens with zero attached hydrogens (tertiary/aromatic N) is 1. The maximum absolute atomic E-state index is 10.7. The minimum absolute atomic E-state index is 1.01. The molecular weight excluding hydrogens is 150 g/mol. The van der Waals surface area contributed by atoms with Crippen molar-refractivity contribution >= 4 is 6.29 Å².